The second kappa shape index (κ2) is 8.03. The molecule has 1 saturated heterocycles. The molecule has 1 aliphatic heterocycles. The van der Waals surface area contributed by atoms with Crippen LogP contribution in [0.3, 0.4) is 0 Å². The summed E-state index contributed by atoms with van der Waals surface area (Å²) < 4.78 is 4.92. The monoisotopic (exact) mass is 253 g/mol. The van der Waals surface area contributed by atoms with Crippen LogP contribution in [-0.2, 0) is 12.6 Å². The first-order valence-electron chi connectivity index (χ1n) is 5.91. The number of hydrogen-bond acceptors (Lipinski definition) is 3. The summed E-state index contributed by atoms with van der Waals surface area (Å²) in [6.07, 6.45) is 4.36. The van der Waals surface area contributed by atoms with E-state index in [1.54, 1.807) is 24.3 Å². The third kappa shape index (κ3) is 5.15. The first-order valence-corrected chi connectivity index (χ1v) is 6.32. The Kier molecular flexibility index (Phi) is 6.58. The van der Waals surface area contributed by atoms with Crippen LogP contribution in [0.2, 0.25) is 0 Å². The fourth-order valence-corrected chi connectivity index (χ4v) is 1.88. The lowest BCUT2D eigenvalue weighted by molar-refractivity contribution is -0.662. The topological polar surface area (TPSA) is 42.9 Å². The highest BCUT2D eigenvalue weighted by Crippen LogP contribution is 2.16. The van der Waals surface area contributed by atoms with Crippen molar-refractivity contribution in [3.05, 3.63) is 29.8 Å². The molecule has 0 aromatic heterocycles. The highest BCUT2D eigenvalue weighted by atomic mass is 32.1. The molecule has 0 bridgehead atoms. The molecule has 0 unspecified atom stereocenters. The lowest BCUT2D eigenvalue weighted by Crippen LogP contribution is -2.85. The number of methoxy groups -OCH3 is 1. The van der Waals surface area contributed by atoms with Crippen LogP contribution in [-0.4, -0.2) is 25.3 Å². The van der Waals surface area contributed by atoms with E-state index in [9.17, 15) is 4.79 Å². The number of piperidine rings is 1. The van der Waals surface area contributed by atoms with E-state index in [0.717, 1.165) is 0 Å². The molecule has 94 valence electrons. The zero-order valence-corrected chi connectivity index (χ0v) is 11.0. The summed E-state index contributed by atoms with van der Waals surface area (Å²) in [6, 6.07) is 6.90. The van der Waals surface area contributed by atoms with Gasteiger partial charge < -0.3 is 27.5 Å². The van der Waals surface area contributed by atoms with E-state index in [-0.39, 0.29) is 5.12 Å². The Bertz CT molecular complexity index is 340. The van der Waals surface area contributed by atoms with Crippen molar-refractivity contribution in [1.29, 1.82) is 0 Å². The van der Waals surface area contributed by atoms with Crippen LogP contribution in [0.5, 0.6) is 5.75 Å². The summed E-state index contributed by atoms with van der Waals surface area (Å²) in [4.78, 5) is 10.8. The van der Waals surface area contributed by atoms with E-state index in [0.29, 0.717) is 11.3 Å². The normalized spacial score (nSPS) is 14.4. The lowest BCUT2D eigenvalue weighted by atomic mass is 10.2. The molecule has 2 N–H and O–H groups in total. The Morgan fingerprint density at radius 1 is 1.24 bits per heavy atom. The fourth-order valence-electron chi connectivity index (χ4n) is 1.71. The smallest absolute Gasteiger partial charge is 0.127 e. The maximum absolute atomic E-state index is 10.8. The van der Waals surface area contributed by atoms with Crippen LogP contribution >= 0.6 is 0 Å². The number of carbonyl (C=O) groups is 1. The van der Waals surface area contributed by atoms with Crippen LogP contribution < -0.4 is 10.1 Å². The van der Waals surface area contributed by atoms with E-state index in [2.05, 4.69) is 17.9 Å². The molecule has 0 aliphatic carbocycles. The third-order valence-electron chi connectivity index (χ3n) is 2.64. The Labute approximate surface area is 108 Å². The van der Waals surface area contributed by atoms with Gasteiger partial charge in [0.1, 0.15) is 5.75 Å². The highest BCUT2D eigenvalue weighted by molar-refractivity contribution is 7.77. The Morgan fingerprint density at radius 2 is 1.88 bits per heavy atom. The molecule has 1 aromatic carbocycles. The molecule has 0 radical (unpaired) electrons. The van der Waals surface area contributed by atoms with Crippen molar-refractivity contribution in [2.24, 2.45) is 0 Å². The molecule has 0 amide bonds. The van der Waals surface area contributed by atoms with Crippen LogP contribution in [0.25, 0.3) is 0 Å². The van der Waals surface area contributed by atoms with Gasteiger partial charge in [-0.1, -0.05) is 12.1 Å². The number of ether oxygens (including phenoxy) is 1. The SMILES string of the molecule is C1CC[NH2+]CC1.COc1ccccc1C(=O)[S-]. The summed E-state index contributed by atoms with van der Waals surface area (Å²) in [6.45, 7) is 2.75. The third-order valence-corrected chi connectivity index (χ3v) is 2.86. The maximum atomic E-state index is 10.8. The first-order chi connectivity index (χ1) is 8.25. The standard InChI is InChI=1S/C8H8O2S.C5H11N/c1-10-7-5-3-2-4-6(7)8(9)11;1-2-4-6-5-3-1/h2-5H,1H3,(H,9,11);6H,1-5H2. The highest BCUT2D eigenvalue weighted by Gasteiger charge is 1.99. The molecule has 3 nitrogen and oxygen atoms in total. The molecule has 4 heteroatoms. The van der Waals surface area contributed by atoms with Crippen molar-refractivity contribution >= 4 is 17.7 Å². The molecule has 1 fully saturated rings. The van der Waals surface area contributed by atoms with Gasteiger partial charge in [-0.2, -0.15) is 0 Å². The second-order valence-corrected chi connectivity index (χ2v) is 4.29. The zero-order chi connectivity index (χ0) is 12.5. The molecule has 2 rings (SSSR count). The van der Waals surface area contributed by atoms with Crippen molar-refractivity contribution < 1.29 is 14.8 Å². The van der Waals surface area contributed by atoms with E-state index in [4.69, 9.17) is 4.74 Å². The molecule has 1 aromatic rings. The molecule has 1 aliphatic rings. The summed E-state index contributed by atoms with van der Waals surface area (Å²) in [5.74, 6) is 0.535. The van der Waals surface area contributed by atoms with Gasteiger partial charge in [-0.3, -0.25) is 0 Å². The summed E-state index contributed by atoms with van der Waals surface area (Å²) >= 11 is 4.48. The molecule has 0 atom stereocenters. The molecule has 0 spiro atoms. The van der Waals surface area contributed by atoms with Gasteiger partial charge in [-0.25, -0.2) is 0 Å². The fraction of sp³-hybridized carbons (Fsp3) is 0.462. The average Bonchev–Trinajstić information content (AvgIpc) is 2.41. The lowest BCUT2D eigenvalue weighted by Gasteiger charge is -2.08. The number of quaternary nitrogens is 1. The first kappa shape index (κ1) is 13.9. The minimum Gasteiger partial charge on any atom is -0.737 e. The van der Waals surface area contributed by atoms with E-state index in [1.807, 2.05) is 0 Å². The van der Waals surface area contributed by atoms with E-state index in [1.165, 1.54) is 39.5 Å². The van der Waals surface area contributed by atoms with Crippen molar-refractivity contribution in [2.75, 3.05) is 20.2 Å². The Hall–Kier alpha value is -1.13. The summed E-state index contributed by atoms with van der Waals surface area (Å²) in [7, 11) is 1.51. The minimum absolute atomic E-state index is 0.387. The van der Waals surface area contributed by atoms with E-state index >= 15 is 0 Å². The predicted octanol–water partition coefficient (Wildman–Crippen LogP) is 1.12. The number of rotatable bonds is 2. The number of carbonyl (C=O) groups excluding carboxylic acids is 1. The number of para-hydroxylation sites is 1. The van der Waals surface area contributed by atoms with Gasteiger partial charge in [0.15, 0.2) is 0 Å². The van der Waals surface area contributed by atoms with Crippen LogP contribution in [0.1, 0.15) is 29.6 Å². The second-order valence-electron chi connectivity index (χ2n) is 3.91. The van der Waals surface area contributed by atoms with Crippen LogP contribution in [0, 0.1) is 0 Å². The molecule has 1 heterocycles. The Morgan fingerprint density at radius 3 is 2.24 bits per heavy atom. The van der Waals surface area contributed by atoms with Gasteiger partial charge in [0.2, 0.25) is 0 Å². The maximum Gasteiger partial charge on any atom is 0.127 e. The zero-order valence-electron chi connectivity index (χ0n) is 10.1. The minimum atomic E-state index is -0.387. The van der Waals surface area contributed by atoms with Gasteiger partial charge in [0, 0.05) is 10.7 Å². The van der Waals surface area contributed by atoms with Gasteiger partial charge >= 0.3 is 0 Å². The molecule has 0 saturated carbocycles. The average molecular weight is 253 g/mol. The van der Waals surface area contributed by atoms with Crippen LogP contribution in [0.4, 0.5) is 0 Å². The Balaban J connectivity index is 0.000000202. The van der Waals surface area contributed by atoms with Crippen molar-refractivity contribution in [2.45, 2.75) is 19.3 Å². The van der Waals surface area contributed by atoms with Gasteiger partial charge in [-0.05, 0) is 31.4 Å². The molecular weight excluding hydrogens is 234 g/mol. The van der Waals surface area contributed by atoms with Gasteiger partial charge in [-0.15, -0.1) is 0 Å². The van der Waals surface area contributed by atoms with Crippen molar-refractivity contribution in [1.82, 2.24) is 0 Å². The number of benzene rings is 1. The van der Waals surface area contributed by atoms with Gasteiger partial charge in [0.25, 0.3) is 0 Å². The molecular formula is C13H19NO2S. The number of hydrogen-bond donors (Lipinski definition) is 1. The van der Waals surface area contributed by atoms with Crippen LogP contribution in [0.15, 0.2) is 24.3 Å². The van der Waals surface area contributed by atoms with E-state index < -0.39 is 0 Å². The largest absolute Gasteiger partial charge is 0.737 e. The molecule has 17 heavy (non-hydrogen) atoms. The predicted molar refractivity (Wildman–Crippen MR) is 70.2 cm³/mol. The van der Waals surface area contributed by atoms with Crippen molar-refractivity contribution in [3.63, 3.8) is 0 Å². The summed E-state index contributed by atoms with van der Waals surface area (Å²) in [5.41, 5.74) is 0.449. The van der Waals surface area contributed by atoms with Crippen molar-refractivity contribution in [3.8, 4) is 5.75 Å². The summed E-state index contributed by atoms with van der Waals surface area (Å²) in [5, 5.41) is 2.01. The van der Waals surface area contributed by atoms with Gasteiger partial charge in [0.05, 0.1) is 20.2 Å². The number of nitrogens with two attached hydrogens (primary N) is 1. The quantitative estimate of drug-likeness (QED) is 0.803.